The number of benzene rings is 1. The number of halogens is 2. The van der Waals surface area contributed by atoms with Crippen LogP contribution >= 0.6 is 0 Å². The Morgan fingerprint density at radius 1 is 1.21 bits per heavy atom. The molecule has 1 aliphatic rings. The number of nitrogens with one attached hydrogen (secondary N) is 1. The molecule has 0 aliphatic carbocycles. The molecule has 1 fully saturated rings. The average Bonchev–Trinajstić information content (AvgIpc) is 2.71. The van der Waals surface area contributed by atoms with Gasteiger partial charge in [-0.05, 0) is 31.4 Å². The van der Waals surface area contributed by atoms with Crippen molar-refractivity contribution in [1.82, 2.24) is 14.9 Å². The van der Waals surface area contributed by atoms with Gasteiger partial charge in [0.1, 0.15) is 6.61 Å². The van der Waals surface area contributed by atoms with E-state index in [1.165, 1.54) is 0 Å². The number of aryl methyl sites for hydroxylation is 2. The van der Waals surface area contributed by atoms with Gasteiger partial charge in [0.2, 0.25) is 5.95 Å². The molecule has 0 spiro atoms. The molecule has 1 aromatic carbocycles. The Labute approximate surface area is 191 Å². The molecular formula is C21H28F2N4O5S. The molecule has 1 atom stereocenters. The second-order valence-corrected chi connectivity index (χ2v) is 9.37. The molecule has 0 saturated carbocycles. The quantitative estimate of drug-likeness (QED) is 0.618. The van der Waals surface area contributed by atoms with Gasteiger partial charge in [-0.15, -0.1) is 0 Å². The molecule has 33 heavy (non-hydrogen) atoms. The zero-order valence-electron chi connectivity index (χ0n) is 18.7. The first kappa shape index (κ1) is 26.4. The number of anilines is 1. The summed E-state index contributed by atoms with van der Waals surface area (Å²) in [6.45, 7) is 3.50. The zero-order chi connectivity index (χ0) is 24.6. The predicted molar refractivity (Wildman–Crippen MR) is 119 cm³/mol. The van der Waals surface area contributed by atoms with Gasteiger partial charge in [0.25, 0.3) is 16.0 Å². The Morgan fingerprint density at radius 3 is 2.33 bits per heavy atom. The second-order valence-electron chi connectivity index (χ2n) is 7.91. The standard InChI is InChI=1S/C20H24F2N4O2.CH4O3S/c1-14-3-5-16(6-4-14)12-28-19(27)26-8-7-17(20(21,22)13-26)11-25-18-23-9-15(2)10-24-18;1-5(2,3)4/h3-6,9-10,17H,7-8,11-13H2,1-2H3,(H,23,24,25);1H3,(H,2,3,4)/t17-;/m1./s1. The number of likely N-dealkylation sites (tertiary alicyclic amines) is 1. The minimum Gasteiger partial charge on any atom is -0.445 e. The predicted octanol–water partition coefficient (Wildman–Crippen LogP) is 3.30. The number of carbonyl (C=O) groups excluding carboxylic acids is 1. The molecule has 0 bridgehead atoms. The first-order chi connectivity index (χ1) is 15.3. The van der Waals surface area contributed by atoms with E-state index >= 15 is 0 Å². The van der Waals surface area contributed by atoms with Crippen molar-refractivity contribution < 1.29 is 31.3 Å². The minimum absolute atomic E-state index is 0.0440. The number of hydrogen-bond donors (Lipinski definition) is 2. The fraction of sp³-hybridized carbons (Fsp3) is 0.476. The molecule has 1 aliphatic heterocycles. The lowest BCUT2D eigenvalue weighted by Gasteiger charge is -2.37. The van der Waals surface area contributed by atoms with Crippen molar-refractivity contribution in [2.45, 2.75) is 32.8 Å². The van der Waals surface area contributed by atoms with Crippen LogP contribution in [0.15, 0.2) is 36.7 Å². The Kier molecular flexibility index (Phi) is 9.06. The van der Waals surface area contributed by atoms with Crippen molar-refractivity contribution in [1.29, 1.82) is 0 Å². The lowest BCUT2D eigenvalue weighted by atomic mass is 9.93. The number of amides is 1. The van der Waals surface area contributed by atoms with E-state index in [0.29, 0.717) is 12.2 Å². The summed E-state index contributed by atoms with van der Waals surface area (Å²) in [6.07, 6.45) is 3.42. The summed E-state index contributed by atoms with van der Waals surface area (Å²) in [5, 5.41) is 2.86. The highest BCUT2D eigenvalue weighted by Gasteiger charge is 2.46. The van der Waals surface area contributed by atoms with Crippen LogP contribution in [-0.2, 0) is 21.5 Å². The van der Waals surface area contributed by atoms with E-state index in [4.69, 9.17) is 9.29 Å². The molecule has 2 aromatic rings. The molecule has 0 radical (unpaired) electrons. The Hall–Kier alpha value is -2.86. The Morgan fingerprint density at radius 2 is 1.79 bits per heavy atom. The molecule has 1 saturated heterocycles. The van der Waals surface area contributed by atoms with Crippen LogP contribution in [0.1, 0.15) is 23.1 Å². The highest BCUT2D eigenvalue weighted by molar-refractivity contribution is 7.85. The van der Waals surface area contributed by atoms with Gasteiger partial charge in [0.05, 0.1) is 12.8 Å². The molecule has 1 amide bonds. The van der Waals surface area contributed by atoms with E-state index in [2.05, 4.69) is 15.3 Å². The number of ether oxygens (including phenoxy) is 1. The van der Waals surface area contributed by atoms with Crippen LogP contribution in [0.25, 0.3) is 0 Å². The highest BCUT2D eigenvalue weighted by Crippen LogP contribution is 2.33. The summed E-state index contributed by atoms with van der Waals surface area (Å²) < 4.78 is 60.1. The monoisotopic (exact) mass is 486 g/mol. The largest absolute Gasteiger partial charge is 0.445 e. The van der Waals surface area contributed by atoms with E-state index in [1.54, 1.807) is 12.4 Å². The maximum Gasteiger partial charge on any atom is 0.410 e. The topological polar surface area (TPSA) is 122 Å². The SMILES string of the molecule is CS(=O)(=O)O.Cc1ccc(COC(=O)N2CC[C@H](CNc3ncc(C)cn3)C(F)(F)C2)cc1. The van der Waals surface area contributed by atoms with Crippen LogP contribution in [0.4, 0.5) is 19.5 Å². The van der Waals surface area contributed by atoms with Gasteiger partial charge in [-0.2, -0.15) is 8.42 Å². The number of hydrogen-bond acceptors (Lipinski definition) is 7. The molecule has 1 aromatic heterocycles. The normalized spacial score (nSPS) is 17.5. The smallest absolute Gasteiger partial charge is 0.410 e. The van der Waals surface area contributed by atoms with E-state index in [0.717, 1.165) is 21.6 Å². The second kappa shape index (κ2) is 11.3. The summed E-state index contributed by atoms with van der Waals surface area (Å²) >= 11 is 0. The number of piperidine rings is 1. The van der Waals surface area contributed by atoms with Gasteiger partial charge in [-0.3, -0.25) is 4.55 Å². The summed E-state index contributed by atoms with van der Waals surface area (Å²) in [6, 6.07) is 7.52. The van der Waals surface area contributed by atoms with Crippen molar-refractivity contribution in [2.75, 3.05) is 31.2 Å². The molecule has 182 valence electrons. The third-order valence-corrected chi connectivity index (χ3v) is 4.78. The summed E-state index contributed by atoms with van der Waals surface area (Å²) in [5.74, 6) is -3.60. The number of alkyl halides is 2. The van der Waals surface area contributed by atoms with Gasteiger partial charge in [0.15, 0.2) is 0 Å². The van der Waals surface area contributed by atoms with Crippen LogP contribution in [0.5, 0.6) is 0 Å². The van der Waals surface area contributed by atoms with Crippen molar-refractivity contribution in [3.05, 3.63) is 53.3 Å². The van der Waals surface area contributed by atoms with Crippen molar-refractivity contribution in [2.24, 2.45) is 5.92 Å². The summed E-state index contributed by atoms with van der Waals surface area (Å²) in [4.78, 5) is 21.4. The third kappa shape index (κ3) is 9.66. The van der Waals surface area contributed by atoms with Gasteiger partial charge >= 0.3 is 6.09 Å². The maximum atomic E-state index is 14.5. The molecule has 12 heteroatoms. The van der Waals surface area contributed by atoms with Crippen molar-refractivity contribution in [3.63, 3.8) is 0 Å². The van der Waals surface area contributed by atoms with Crippen molar-refractivity contribution in [3.8, 4) is 0 Å². The zero-order valence-corrected chi connectivity index (χ0v) is 19.5. The van der Waals surface area contributed by atoms with Crippen LogP contribution in [0.3, 0.4) is 0 Å². The van der Waals surface area contributed by atoms with E-state index in [9.17, 15) is 22.0 Å². The maximum absolute atomic E-state index is 14.5. The van der Waals surface area contributed by atoms with Gasteiger partial charge < -0.3 is 15.0 Å². The number of carbonyl (C=O) groups is 1. The van der Waals surface area contributed by atoms with Crippen LogP contribution in [0, 0.1) is 19.8 Å². The fourth-order valence-electron chi connectivity index (χ4n) is 3.01. The third-order valence-electron chi connectivity index (χ3n) is 4.78. The van der Waals surface area contributed by atoms with Crippen LogP contribution < -0.4 is 5.32 Å². The number of aromatic nitrogens is 2. The summed E-state index contributed by atoms with van der Waals surface area (Å²) in [7, 11) is -3.67. The lowest BCUT2D eigenvalue weighted by Crippen LogP contribution is -2.52. The molecular weight excluding hydrogens is 458 g/mol. The van der Waals surface area contributed by atoms with Crippen molar-refractivity contribution >= 4 is 22.2 Å². The van der Waals surface area contributed by atoms with E-state index < -0.39 is 34.6 Å². The Bertz CT molecular complexity index is 1010. The molecule has 2 N–H and O–H groups in total. The van der Waals surface area contributed by atoms with Gasteiger partial charge in [-0.25, -0.2) is 23.5 Å². The molecule has 0 unspecified atom stereocenters. The van der Waals surface area contributed by atoms with E-state index in [1.807, 2.05) is 38.1 Å². The minimum atomic E-state index is -3.67. The highest BCUT2D eigenvalue weighted by atomic mass is 32.2. The van der Waals surface area contributed by atoms with Crippen LogP contribution in [-0.4, -0.2) is 65.7 Å². The van der Waals surface area contributed by atoms with Gasteiger partial charge in [-0.1, -0.05) is 29.8 Å². The number of nitrogens with zero attached hydrogens (tertiary/aromatic N) is 3. The first-order valence-electron chi connectivity index (χ1n) is 10.1. The van der Waals surface area contributed by atoms with Crippen LogP contribution in [0.2, 0.25) is 0 Å². The van der Waals surface area contributed by atoms with E-state index in [-0.39, 0.29) is 26.1 Å². The molecule has 2 heterocycles. The summed E-state index contributed by atoms with van der Waals surface area (Å²) in [5.41, 5.74) is 2.82. The Balaban J connectivity index is 0.000000696. The molecule has 9 nitrogen and oxygen atoms in total. The molecule has 3 rings (SSSR count). The average molecular weight is 487 g/mol. The fourth-order valence-corrected chi connectivity index (χ4v) is 3.01. The lowest BCUT2D eigenvalue weighted by molar-refractivity contribution is -0.102. The van der Waals surface area contributed by atoms with Gasteiger partial charge in [0, 0.05) is 31.4 Å². The first-order valence-corrected chi connectivity index (χ1v) is 12.0. The number of rotatable bonds is 5.